The van der Waals surface area contributed by atoms with Crippen molar-refractivity contribution in [2.75, 3.05) is 30.9 Å². The fourth-order valence-electron chi connectivity index (χ4n) is 4.39. The maximum absolute atomic E-state index is 14.0. The van der Waals surface area contributed by atoms with Crippen molar-refractivity contribution < 1.29 is 8.78 Å². The summed E-state index contributed by atoms with van der Waals surface area (Å²) in [4.78, 5) is 11.5. The Morgan fingerprint density at radius 1 is 0.969 bits per heavy atom. The molecule has 2 N–H and O–H groups in total. The molecular formula is C25H31F2N5. The fraction of sp³-hybridized carbons (Fsp3) is 0.440. The zero-order chi connectivity index (χ0) is 22.7. The van der Waals surface area contributed by atoms with E-state index in [-0.39, 0.29) is 0 Å². The Labute approximate surface area is 188 Å². The Morgan fingerprint density at radius 2 is 1.72 bits per heavy atom. The van der Waals surface area contributed by atoms with Gasteiger partial charge in [-0.05, 0) is 62.8 Å². The molecule has 3 aromatic rings. The number of nitrogens with zero attached hydrogens (tertiary/aromatic N) is 3. The van der Waals surface area contributed by atoms with Crippen LogP contribution < -0.4 is 15.5 Å². The van der Waals surface area contributed by atoms with Crippen LogP contribution in [0.1, 0.15) is 36.8 Å². The van der Waals surface area contributed by atoms with E-state index < -0.39 is 11.6 Å². The average Bonchev–Trinajstić information content (AvgIpc) is 2.79. The zero-order valence-electron chi connectivity index (χ0n) is 19.0. The van der Waals surface area contributed by atoms with Crippen molar-refractivity contribution in [1.82, 2.24) is 15.3 Å². The van der Waals surface area contributed by atoms with E-state index in [2.05, 4.69) is 10.6 Å². The van der Waals surface area contributed by atoms with Crippen molar-refractivity contribution in [3.8, 4) is 0 Å². The number of aromatic nitrogens is 2. The van der Waals surface area contributed by atoms with Gasteiger partial charge in [-0.3, -0.25) is 0 Å². The molecule has 1 fully saturated rings. The lowest BCUT2D eigenvalue weighted by atomic mass is 9.86. The number of aryl methyl sites for hydroxylation is 1. The van der Waals surface area contributed by atoms with Crippen LogP contribution in [0.25, 0.3) is 10.9 Å². The highest BCUT2D eigenvalue weighted by atomic mass is 19.2. The van der Waals surface area contributed by atoms with Gasteiger partial charge in [0.1, 0.15) is 5.82 Å². The Hall–Kier alpha value is -2.80. The first-order valence-electron chi connectivity index (χ1n) is 11.3. The standard InChI is InChI=1S/C25H31F2N5/c1-16-8-11-18(23(27)22(16)26)15-28-14-17-9-12-19(13-10-17)29-25-30-21-7-5-4-6-20(21)24(31-25)32(2)3/h4-8,11,17,19,28H,9-10,12-15H2,1-3H3,(H,29,30,31). The lowest BCUT2D eigenvalue weighted by Crippen LogP contribution is -2.31. The lowest BCUT2D eigenvalue weighted by molar-refractivity contribution is 0.323. The summed E-state index contributed by atoms with van der Waals surface area (Å²) in [5.74, 6) is 0.630. The molecule has 2 aromatic carbocycles. The molecule has 5 nitrogen and oxygen atoms in total. The molecule has 0 radical (unpaired) electrons. The molecule has 1 heterocycles. The third-order valence-electron chi connectivity index (χ3n) is 6.29. The molecule has 1 aliphatic rings. The van der Waals surface area contributed by atoms with E-state index in [0.717, 1.165) is 48.9 Å². The quantitative estimate of drug-likeness (QED) is 0.540. The molecule has 0 amide bonds. The molecule has 0 unspecified atom stereocenters. The Morgan fingerprint density at radius 3 is 2.47 bits per heavy atom. The van der Waals surface area contributed by atoms with Crippen LogP contribution >= 0.6 is 0 Å². The summed E-state index contributed by atoms with van der Waals surface area (Å²) < 4.78 is 27.8. The first kappa shape index (κ1) is 22.4. The minimum atomic E-state index is -0.746. The summed E-state index contributed by atoms with van der Waals surface area (Å²) in [6.45, 7) is 2.73. The number of halogens is 2. The second-order valence-electron chi connectivity index (χ2n) is 8.94. The SMILES string of the molecule is Cc1ccc(CNCC2CCC(Nc3nc(N(C)C)c4ccccc4n3)CC2)c(F)c1F. The monoisotopic (exact) mass is 439 g/mol. The number of hydrogen-bond donors (Lipinski definition) is 2. The number of para-hydroxylation sites is 1. The van der Waals surface area contributed by atoms with E-state index in [0.29, 0.717) is 35.6 Å². The molecular weight excluding hydrogens is 408 g/mol. The van der Waals surface area contributed by atoms with Crippen LogP contribution in [0.5, 0.6) is 0 Å². The van der Waals surface area contributed by atoms with Gasteiger partial charge in [0.05, 0.1) is 5.52 Å². The molecule has 7 heteroatoms. The molecule has 0 spiro atoms. The van der Waals surface area contributed by atoms with E-state index in [1.807, 2.05) is 43.3 Å². The molecule has 0 atom stereocenters. The van der Waals surface area contributed by atoms with Crippen LogP contribution in [0.15, 0.2) is 36.4 Å². The van der Waals surface area contributed by atoms with Crippen molar-refractivity contribution >= 4 is 22.7 Å². The van der Waals surface area contributed by atoms with Gasteiger partial charge in [0, 0.05) is 37.6 Å². The number of anilines is 2. The second-order valence-corrected chi connectivity index (χ2v) is 8.94. The molecule has 0 bridgehead atoms. The van der Waals surface area contributed by atoms with Gasteiger partial charge in [-0.25, -0.2) is 13.8 Å². The maximum atomic E-state index is 14.0. The predicted octanol–water partition coefficient (Wildman–Crippen LogP) is 5.04. The van der Waals surface area contributed by atoms with E-state index in [1.54, 1.807) is 19.1 Å². The van der Waals surface area contributed by atoms with E-state index in [1.165, 1.54) is 0 Å². The summed E-state index contributed by atoms with van der Waals surface area (Å²) in [6.07, 6.45) is 4.22. The zero-order valence-corrected chi connectivity index (χ0v) is 19.0. The first-order valence-corrected chi connectivity index (χ1v) is 11.3. The second kappa shape index (κ2) is 9.77. The first-order chi connectivity index (χ1) is 15.4. The molecule has 0 aliphatic heterocycles. The topological polar surface area (TPSA) is 53.1 Å². The average molecular weight is 440 g/mol. The number of nitrogens with one attached hydrogen (secondary N) is 2. The van der Waals surface area contributed by atoms with Crippen LogP contribution in [-0.2, 0) is 6.54 Å². The van der Waals surface area contributed by atoms with Gasteiger partial charge in [-0.2, -0.15) is 4.98 Å². The van der Waals surface area contributed by atoms with Crippen molar-refractivity contribution in [3.05, 3.63) is 59.2 Å². The van der Waals surface area contributed by atoms with Crippen LogP contribution in [0, 0.1) is 24.5 Å². The van der Waals surface area contributed by atoms with Gasteiger partial charge < -0.3 is 15.5 Å². The van der Waals surface area contributed by atoms with E-state index >= 15 is 0 Å². The van der Waals surface area contributed by atoms with E-state index in [4.69, 9.17) is 9.97 Å². The summed E-state index contributed by atoms with van der Waals surface area (Å²) >= 11 is 0. The largest absolute Gasteiger partial charge is 0.362 e. The Kier molecular flexibility index (Phi) is 6.84. The molecule has 170 valence electrons. The fourth-order valence-corrected chi connectivity index (χ4v) is 4.39. The van der Waals surface area contributed by atoms with Gasteiger partial charge in [0.2, 0.25) is 5.95 Å². The Balaban J connectivity index is 1.29. The van der Waals surface area contributed by atoms with Crippen molar-refractivity contribution in [2.45, 2.75) is 45.2 Å². The van der Waals surface area contributed by atoms with Crippen LogP contribution in [-0.4, -0.2) is 36.6 Å². The molecule has 32 heavy (non-hydrogen) atoms. The normalized spacial score (nSPS) is 18.7. The molecule has 4 rings (SSSR count). The number of fused-ring (bicyclic) bond motifs is 1. The molecule has 1 aliphatic carbocycles. The van der Waals surface area contributed by atoms with Crippen LogP contribution in [0.4, 0.5) is 20.5 Å². The maximum Gasteiger partial charge on any atom is 0.225 e. The highest BCUT2D eigenvalue weighted by Gasteiger charge is 2.22. The van der Waals surface area contributed by atoms with Gasteiger partial charge >= 0.3 is 0 Å². The summed E-state index contributed by atoms with van der Waals surface area (Å²) in [5, 5.41) is 7.88. The molecule has 0 saturated heterocycles. The highest BCUT2D eigenvalue weighted by molar-refractivity contribution is 5.90. The number of hydrogen-bond acceptors (Lipinski definition) is 5. The number of rotatable bonds is 7. The van der Waals surface area contributed by atoms with Gasteiger partial charge in [0.15, 0.2) is 11.6 Å². The van der Waals surface area contributed by atoms with Crippen LogP contribution in [0.2, 0.25) is 0 Å². The molecule has 1 saturated carbocycles. The Bertz CT molecular complexity index is 1080. The lowest BCUT2D eigenvalue weighted by Gasteiger charge is -2.29. The summed E-state index contributed by atoms with van der Waals surface area (Å²) in [5.41, 5.74) is 1.66. The molecule has 1 aromatic heterocycles. The number of benzene rings is 2. The predicted molar refractivity (Wildman–Crippen MR) is 126 cm³/mol. The third-order valence-corrected chi connectivity index (χ3v) is 6.29. The minimum Gasteiger partial charge on any atom is -0.362 e. The van der Waals surface area contributed by atoms with Crippen molar-refractivity contribution in [1.29, 1.82) is 0 Å². The summed E-state index contributed by atoms with van der Waals surface area (Å²) in [6, 6.07) is 11.7. The van der Waals surface area contributed by atoms with Crippen molar-refractivity contribution in [2.24, 2.45) is 5.92 Å². The third kappa shape index (κ3) is 4.99. The smallest absolute Gasteiger partial charge is 0.225 e. The van der Waals surface area contributed by atoms with Gasteiger partial charge in [-0.1, -0.05) is 24.3 Å². The van der Waals surface area contributed by atoms with Crippen LogP contribution in [0.3, 0.4) is 0 Å². The highest BCUT2D eigenvalue weighted by Crippen LogP contribution is 2.28. The van der Waals surface area contributed by atoms with Gasteiger partial charge in [0.25, 0.3) is 0 Å². The summed E-state index contributed by atoms with van der Waals surface area (Å²) in [7, 11) is 3.99. The van der Waals surface area contributed by atoms with Gasteiger partial charge in [-0.15, -0.1) is 0 Å². The minimum absolute atomic E-state index is 0.338. The van der Waals surface area contributed by atoms with Crippen molar-refractivity contribution in [3.63, 3.8) is 0 Å². The van der Waals surface area contributed by atoms with E-state index in [9.17, 15) is 8.78 Å².